The summed E-state index contributed by atoms with van der Waals surface area (Å²) in [5.41, 5.74) is 0. The Kier molecular flexibility index (Phi) is 4.11. The Morgan fingerprint density at radius 3 is 2.82 bits per heavy atom. The van der Waals surface area contributed by atoms with Crippen molar-refractivity contribution in [2.24, 2.45) is 0 Å². The van der Waals surface area contributed by atoms with Crippen LogP contribution < -0.4 is 4.90 Å². The third-order valence-corrected chi connectivity index (χ3v) is 4.71. The van der Waals surface area contributed by atoms with Gasteiger partial charge in [0.15, 0.2) is 5.13 Å². The van der Waals surface area contributed by atoms with E-state index >= 15 is 0 Å². The molecule has 0 atom stereocenters. The number of amides is 1. The lowest BCUT2D eigenvalue weighted by Crippen LogP contribution is -2.48. The van der Waals surface area contributed by atoms with Gasteiger partial charge in [0.1, 0.15) is 0 Å². The van der Waals surface area contributed by atoms with Crippen LogP contribution >= 0.6 is 23.1 Å². The highest BCUT2D eigenvalue weighted by Gasteiger charge is 2.22. The van der Waals surface area contributed by atoms with E-state index in [-0.39, 0.29) is 0 Å². The summed E-state index contributed by atoms with van der Waals surface area (Å²) in [6.07, 6.45) is 1.07. The molecule has 5 nitrogen and oxygen atoms in total. The van der Waals surface area contributed by atoms with Gasteiger partial charge in [-0.1, -0.05) is 18.3 Å². The van der Waals surface area contributed by atoms with E-state index in [1.165, 1.54) is 9.11 Å². The van der Waals surface area contributed by atoms with Crippen LogP contribution in [0.3, 0.4) is 0 Å². The average Bonchev–Trinajstić information content (AvgIpc) is 2.78. The second-order valence-corrected chi connectivity index (χ2v) is 6.22. The Bertz CT molecular complexity index is 389. The smallest absolute Gasteiger partial charge is 0.407 e. The number of thiazole rings is 1. The molecular formula is C10H15N3O2S2. The lowest BCUT2D eigenvalue weighted by Gasteiger charge is -2.32. The molecule has 1 aromatic heterocycles. The number of nitrogens with zero attached hydrogens (tertiary/aromatic N) is 3. The number of carboxylic acid groups (broad SMARTS) is 1. The maximum Gasteiger partial charge on any atom is 0.407 e. The van der Waals surface area contributed by atoms with Gasteiger partial charge in [0, 0.05) is 26.2 Å². The summed E-state index contributed by atoms with van der Waals surface area (Å²) in [6.45, 7) is 4.71. The molecule has 0 spiro atoms. The molecule has 0 aliphatic carbocycles. The molecule has 2 rings (SSSR count). The lowest BCUT2D eigenvalue weighted by molar-refractivity contribution is 0.142. The largest absolute Gasteiger partial charge is 0.465 e. The topological polar surface area (TPSA) is 56.7 Å². The number of hydrogen-bond donors (Lipinski definition) is 1. The van der Waals surface area contributed by atoms with E-state index in [9.17, 15) is 4.79 Å². The van der Waals surface area contributed by atoms with Gasteiger partial charge in [0.2, 0.25) is 0 Å². The van der Waals surface area contributed by atoms with Crippen molar-refractivity contribution in [1.82, 2.24) is 9.88 Å². The average molecular weight is 273 g/mol. The summed E-state index contributed by atoms with van der Waals surface area (Å²) in [5.74, 6) is 1.05. The Balaban J connectivity index is 1.93. The zero-order valence-corrected chi connectivity index (χ0v) is 11.3. The Hall–Kier alpha value is -0.950. The summed E-state index contributed by atoms with van der Waals surface area (Å²) >= 11 is 3.48. The first-order chi connectivity index (χ1) is 8.20. The number of carbonyl (C=O) groups is 1. The van der Waals surface area contributed by atoms with Gasteiger partial charge in [-0.25, -0.2) is 9.78 Å². The molecule has 2 heterocycles. The number of hydrogen-bond acceptors (Lipinski definition) is 5. The molecular weight excluding hydrogens is 258 g/mol. The van der Waals surface area contributed by atoms with Gasteiger partial charge in [-0.3, -0.25) is 0 Å². The van der Waals surface area contributed by atoms with Gasteiger partial charge in [0.05, 0.1) is 10.4 Å². The van der Waals surface area contributed by atoms with Crippen LogP contribution in [0, 0.1) is 0 Å². The van der Waals surface area contributed by atoms with Crippen molar-refractivity contribution in [1.29, 1.82) is 0 Å². The van der Waals surface area contributed by atoms with Gasteiger partial charge in [-0.2, -0.15) is 0 Å². The summed E-state index contributed by atoms with van der Waals surface area (Å²) in [4.78, 5) is 18.8. The first kappa shape index (κ1) is 12.5. The first-order valence-corrected chi connectivity index (χ1v) is 7.32. The molecule has 7 heteroatoms. The van der Waals surface area contributed by atoms with E-state index in [1.54, 1.807) is 23.1 Å². The number of rotatable bonds is 3. The normalized spacial score (nSPS) is 16.3. The lowest BCUT2D eigenvalue weighted by atomic mass is 10.3. The summed E-state index contributed by atoms with van der Waals surface area (Å²) in [7, 11) is 0. The summed E-state index contributed by atoms with van der Waals surface area (Å²) in [5, 5.41) is 9.87. The predicted octanol–water partition coefficient (Wildman–Crippen LogP) is 2.06. The van der Waals surface area contributed by atoms with Gasteiger partial charge >= 0.3 is 6.09 Å². The van der Waals surface area contributed by atoms with E-state index in [4.69, 9.17) is 5.11 Å². The molecule has 1 aliphatic heterocycles. The van der Waals surface area contributed by atoms with Gasteiger partial charge in [0.25, 0.3) is 0 Å². The minimum absolute atomic E-state index is 0.561. The minimum atomic E-state index is -0.828. The van der Waals surface area contributed by atoms with Crippen LogP contribution in [0.1, 0.15) is 6.92 Å². The molecule has 1 aliphatic rings. The van der Waals surface area contributed by atoms with Crippen molar-refractivity contribution < 1.29 is 9.90 Å². The van der Waals surface area contributed by atoms with E-state index in [2.05, 4.69) is 16.8 Å². The van der Waals surface area contributed by atoms with Crippen LogP contribution in [-0.2, 0) is 0 Å². The third-order valence-electron chi connectivity index (χ3n) is 2.58. The molecule has 17 heavy (non-hydrogen) atoms. The Morgan fingerprint density at radius 1 is 1.53 bits per heavy atom. The highest BCUT2D eigenvalue weighted by molar-refractivity contribution is 8.01. The van der Waals surface area contributed by atoms with Crippen molar-refractivity contribution in [3.05, 3.63) is 6.20 Å². The standard InChI is InChI=1S/C10H15N3O2S2/c1-2-16-8-7-11-9(17-8)12-3-5-13(6-4-12)10(14)15/h7H,2-6H2,1H3,(H,14,15). The molecule has 0 bridgehead atoms. The number of anilines is 1. The van der Waals surface area contributed by atoms with Crippen molar-refractivity contribution in [3.63, 3.8) is 0 Å². The second-order valence-electron chi connectivity index (χ2n) is 3.65. The van der Waals surface area contributed by atoms with Gasteiger partial charge in [-0.05, 0) is 5.75 Å². The first-order valence-electron chi connectivity index (χ1n) is 5.52. The molecule has 94 valence electrons. The van der Waals surface area contributed by atoms with Crippen molar-refractivity contribution in [3.8, 4) is 0 Å². The molecule has 1 saturated heterocycles. The summed E-state index contributed by atoms with van der Waals surface area (Å²) < 4.78 is 1.23. The molecule has 1 aromatic rings. The fourth-order valence-electron chi connectivity index (χ4n) is 1.69. The van der Waals surface area contributed by atoms with Crippen LogP contribution in [0.2, 0.25) is 0 Å². The van der Waals surface area contributed by atoms with Crippen LogP contribution in [0.4, 0.5) is 9.93 Å². The SMILES string of the molecule is CCSc1cnc(N2CCN(C(=O)O)CC2)s1. The minimum Gasteiger partial charge on any atom is -0.465 e. The molecule has 0 radical (unpaired) electrons. The fraction of sp³-hybridized carbons (Fsp3) is 0.600. The Labute approximate surface area is 108 Å². The second kappa shape index (κ2) is 5.59. The van der Waals surface area contributed by atoms with Crippen molar-refractivity contribution in [2.45, 2.75) is 11.1 Å². The Morgan fingerprint density at radius 2 is 2.24 bits per heavy atom. The highest BCUT2D eigenvalue weighted by Crippen LogP contribution is 2.30. The molecule has 0 unspecified atom stereocenters. The van der Waals surface area contributed by atoms with Crippen LogP contribution in [0.25, 0.3) is 0 Å². The number of aromatic nitrogens is 1. The predicted molar refractivity (Wildman–Crippen MR) is 70.3 cm³/mol. The molecule has 0 saturated carbocycles. The zero-order valence-electron chi connectivity index (χ0n) is 9.63. The third kappa shape index (κ3) is 3.04. The van der Waals surface area contributed by atoms with E-state index in [0.29, 0.717) is 13.1 Å². The maximum absolute atomic E-state index is 10.8. The quantitative estimate of drug-likeness (QED) is 0.854. The number of piperazine rings is 1. The maximum atomic E-state index is 10.8. The molecule has 0 aromatic carbocycles. The van der Waals surface area contributed by atoms with Gasteiger partial charge < -0.3 is 14.9 Å². The van der Waals surface area contributed by atoms with Crippen LogP contribution in [0.15, 0.2) is 10.4 Å². The molecule has 1 fully saturated rings. The highest BCUT2D eigenvalue weighted by atomic mass is 32.2. The van der Waals surface area contributed by atoms with Crippen LogP contribution in [-0.4, -0.2) is 53.0 Å². The van der Waals surface area contributed by atoms with Crippen molar-refractivity contribution in [2.75, 3.05) is 36.8 Å². The number of thioether (sulfide) groups is 1. The zero-order chi connectivity index (χ0) is 12.3. The van der Waals surface area contributed by atoms with Gasteiger partial charge in [-0.15, -0.1) is 11.8 Å². The van der Waals surface area contributed by atoms with Crippen LogP contribution in [0.5, 0.6) is 0 Å². The van der Waals surface area contributed by atoms with E-state index in [1.807, 2.05) is 6.20 Å². The van der Waals surface area contributed by atoms with Crippen molar-refractivity contribution >= 4 is 34.3 Å². The fourth-order valence-corrected chi connectivity index (χ4v) is 3.62. The monoisotopic (exact) mass is 273 g/mol. The van der Waals surface area contributed by atoms with E-state index in [0.717, 1.165) is 24.0 Å². The summed E-state index contributed by atoms with van der Waals surface area (Å²) in [6, 6.07) is 0. The van der Waals surface area contributed by atoms with E-state index < -0.39 is 6.09 Å². The molecule has 1 amide bonds. The molecule has 1 N–H and O–H groups in total.